The Morgan fingerprint density at radius 2 is 1.53 bits per heavy atom. The summed E-state index contributed by atoms with van der Waals surface area (Å²) in [6.45, 7) is 1.56. The molecule has 0 aliphatic carbocycles. The van der Waals surface area contributed by atoms with Crippen LogP contribution < -0.4 is 27.0 Å². The van der Waals surface area contributed by atoms with Gasteiger partial charge in [0.25, 0.3) is 0 Å². The number of carbonyl (C=O) groups excluding carboxylic acids is 5. The van der Waals surface area contributed by atoms with Crippen molar-refractivity contribution >= 4 is 48.3 Å². The minimum absolute atomic E-state index is 0.0305. The Hall–Kier alpha value is -3.87. The van der Waals surface area contributed by atoms with Crippen molar-refractivity contribution in [3.63, 3.8) is 0 Å². The van der Waals surface area contributed by atoms with Gasteiger partial charge >= 0.3 is 7.82 Å². The summed E-state index contributed by atoms with van der Waals surface area (Å²) in [5, 5.41) is 38.0. The number of carbonyl (C=O) groups is 5. The molecule has 2 rings (SSSR count). The fourth-order valence-electron chi connectivity index (χ4n) is 3.97. The lowest BCUT2D eigenvalue weighted by Gasteiger charge is -2.27. The quantitative estimate of drug-likeness (QED) is 0.0621. The van der Waals surface area contributed by atoms with E-state index in [4.69, 9.17) is 5.73 Å². The number of phenols is 1. The first kappa shape index (κ1) is 41.3. The molecule has 0 bridgehead atoms. The van der Waals surface area contributed by atoms with Crippen LogP contribution in [-0.2, 0) is 33.1 Å². The van der Waals surface area contributed by atoms with E-state index in [0.717, 1.165) is 11.8 Å². The number of amides is 4. The van der Waals surface area contributed by atoms with Crippen LogP contribution in [0.1, 0.15) is 43.5 Å². The van der Waals surface area contributed by atoms with E-state index < -0.39 is 79.4 Å². The molecular weight excluding hydrogens is 685 g/mol. The minimum atomic E-state index is -5.09. The number of phosphoric ester groups is 1. The number of thioether (sulfide) groups is 1. The zero-order valence-corrected chi connectivity index (χ0v) is 28.5. The molecule has 49 heavy (non-hydrogen) atoms. The number of hydrogen-bond donors (Lipinski definition) is 10. The number of aromatic hydroxyl groups is 1. The highest BCUT2D eigenvalue weighted by Gasteiger charge is 2.33. The lowest BCUT2D eigenvalue weighted by atomic mass is 9.87. The Morgan fingerprint density at radius 1 is 0.898 bits per heavy atom. The fraction of sp³-hybridized carbons (Fsp3) is 0.433. The highest BCUT2D eigenvalue weighted by atomic mass is 32.2. The number of benzene rings is 2. The molecule has 0 aromatic heterocycles. The molecule has 0 aliphatic rings. The molecule has 0 aliphatic heterocycles. The monoisotopic (exact) mass is 727 g/mol. The van der Waals surface area contributed by atoms with Crippen LogP contribution in [0.25, 0.3) is 0 Å². The highest BCUT2D eigenvalue weighted by Crippen LogP contribution is 2.35. The number of aliphatic hydroxyl groups is 2. The largest absolute Gasteiger partial charge is 0.508 e. The summed E-state index contributed by atoms with van der Waals surface area (Å²) in [6, 6.07) is 8.99. The highest BCUT2D eigenvalue weighted by molar-refractivity contribution is 8.13. The molecule has 0 fully saturated rings. The molecule has 4 atom stereocenters. The van der Waals surface area contributed by atoms with Crippen LogP contribution in [0, 0.1) is 5.41 Å². The molecule has 0 heterocycles. The van der Waals surface area contributed by atoms with Crippen molar-refractivity contribution in [1.82, 2.24) is 21.3 Å². The van der Waals surface area contributed by atoms with Crippen molar-refractivity contribution < 1.29 is 58.2 Å². The summed E-state index contributed by atoms with van der Waals surface area (Å²) >= 11 is 0.769. The van der Waals surface area contributed by atoms with E-state index >= 15 is 0 Å². The second-order valence-corrected chi connectivity index (χ2v) is 13.7. The normalized spacial score (nSPS) is 14.1. The first-order chi connectivity index (χ1) is 22.9. The molecule has 2 aromatic rings. The van der Waals surface area contributed by atoms with E-state index in [9.17, 15) is 53.6 Å². The van der Waals surface area contributed by atoms with Gasteiger partial charge in [-0.3, -0.25) is 28.5 Å². The predicted octanol–water partition coefficient (Wildman–Crippen LogP) is -0.895. The molecule has 11 N–H and O–H groups in total. The third kappa shape index (κ3) is 14.3. The molecule has 0 saturated heterocycles. The topological polar surface area (TPSA) is 287 Å². The van der Waals surface area contributed by atoms with Crippen LogP contribution in [0.3, 0.4) is 0 Å². The molecule has 270 valence electrons. The molecule has 1 unspecified atom stereocenters. The van der Waals surface area contributed by atoms with Crippen LogP contribution >= 0.6 is 19.6 Å². The summed E-state index contributed by atoms with van der Waals surface area (Å²) in [7, 11) is -5.09. The summed E-state index contributed by atoms with van der Waals surface area (Å²) in [6.07, 6.45) is -1.60. The Bertz CT molecular complexity index is 1480. The third-order valence-electron chi connectivity index (χ3n) is 6.95. The van der Waals surface area contributed by atoms with Gasteiger partial charge in [-0.15, -0.1) is 0 Å². The van der Waals surface area contributed by atoms with E-state index in [-0.39, 0.29) is 36.6 Å². The Labute approximate surface area is 286 Å². The van der Waals surface area contributed by atoms with E-state index in [1.54, 1.807) is 30.3 Å². The van der Waals surface area contributed by atoms with Gasteiger partial charge in [-0.2, -0.15) is 0 Å². The lowest BCUT2D eigenvalue weighted by Crippen LogP contribution is -2.52. The second kappa shape index (κ2) is 19.4. The summed E-state index contributed by atoms with van der Waals surface area (Å²) < 4.78 is 15.9. The fourth-order valence-corrected chi connectivity index (χ4v) is 5.08. The van der Waals surface area contributed by atoms with E-state index in [0.29, 0.717) is 5.56 Å². The molecule has 4 amide bonds. The van der Waals surface area contributed by atoms with Crippen LogP contribution in [-0.4, -0.2) is 98.1 Å². The van der Waals surface area contributed by atoms with Crippen LogP contribution in [0.4, 0.5) is 0 Å². The summed E-state index contributed by atoms with van der Waals surface area (Å²) in [4.78, 5) is 82.2. The number of aliphatic hydroxyl groups excluding tert-OH is 2. The number of hydrogen-bond acceptors (Lipinski definition) is 12. The SMILES string of the molecule is CC(C)(CO)[C@H](O)C(=O)NCCC(=O)NCCSC(=O)C(NC(=O)[C@H](COP(=O)(O)O)NC(=O)[C@H](N)c1ccc(O)cc1)c1ccccc1. The maximum atomic E-state index is 13.4. The molecule has 17 nitrogen and oxygen atoms in total. The van der Waals surface area contributed by atoms with E-state index in [1.165, 1.54) is 38.1 Å². The van der Waals surface area contributed by atoms with Gasteiger partial charge in [-0.05, 0) is 23.3 Å². The maximum absolute atomic E-state index is 13.4. The Morgan fingerprint density at radius 3 is 2.12 bits per heavy atom. The predicted molar refractivity (Wildman–Crippen MR) is 177 cm³/mol. The van der Waals surface area contributed by atoms with Gasteiger partial charge in [0.15, 0.2) is 0 Å². The van der Waals surface area contributed by atoms with Gasteiger partial charge in [0.2, 0.25) is 28.7 Å². The van der Waals surface area contributed by atoms with Crippen molar-refractivity contribution in [2.24, 2.45) is 11.1 Å². The van der Waals surface area contributed by atoms with E-state index in [2.05, 4.69) is 25.8 Å². The first-order valence-corrected chi connectivity index (χ1v) is 17.4. The Kier molecular flexibility index (Phi) is 16.3. The van der Waals surface area contributed by atoms with Crippen molar-refractivity contribution in [2.75, 3.05) is 32.1 Å². The lowest BCUT2D eigenvalue weighted by molar-refractivity contribution is -0.137. The van der Waals surface area contributed by atoms with E-state index in [1.807, 2.05) is 0 Å². The number of nitrogens with one attached hydrogen (secondary N) is 4. The summed E-state index contributed by atoms with van der Waals surface area (Å²) in [5.74, 6) is -3.14. The van der Waals surface area contributed by atoms with Gasteiger partial charge < -0.3 is 52.1 Å². The molecule has 19 heteroatoms. The molecular formula is C30H42N5O12PS. The molecule has 0 radical (unpaired) electrons. The number of nitrogens with two attached hydrogens (primary N) is 1. The van der Waals surface area contributed by atoms with Crippen molar-refractivity contribution in [2.45, 2.75) is 44.5 Å². The van der Waals surface area contributed by atoms with Gasteiger partial charge in [0, 0.05) is 30.7 Å². The zero-order valence-electron chi connectivity index (χ0n) is 26.8. The van der Waals surface area contributed by atoms with Crippen LogP contribution in [0.5, 0.6) is 5.75 Å². The van der Waals surface area contributed by atoms with Crippen LogP contribution in [0.2, 0.25) is 0 Å². The smallest absolute Gasteiger partial charge is 0.469 e. The molecule has 0 spiro atoms. The maximum Gasteiger partial charge on any atom is 0.469 e. The standard InChI is InChI=1S/C30H42N5O12PS/c1-30(2,17-36)25(39)28(42)33-13-12-22(38)32-14-15-49-29(43)24(19-6-4-3-5-7-19)35-26(40)21(16-47-48(44,45)46)34-27(41)23(31)18-8-10-20(37)11-9-18/h3-11,21,23-25,36-37,39H,12-17,31H2,1-2H3,(H,32,38)(H,33,42)(H,34,41)(H,35,40)(H2,44,45,46)/t21-,23+,24?,25+/m0/s1. The zero-order chi connectivity index (χ0) is 36.8. The summed E-state index contributed by atoms with van der Waals surface area (Å²) in [5.41, 5.74) is 5.52. The third-order valence-corrected chi connectivity index (χ3v) is 8.36. The molecule has 0 saturated carbocycles. The van der Waals surface area contributed by atoms with Gasteiger partial charge in [0.1, 0.15) is 30.0 Å². The minimum Gasteiger partial charge on any atom is -0.508 e. The average molecular weight is 728 g/mol. The second-order valence-electron chi connectivity index (χ2n) is 11.4. The number of rotatable bonds is 19. The van der Waals surface area contributed by atoms with Crippen molar-refractivity contribution in [3.05, 3.63) is 65.7 Å². The van der Waals surface area contributed by atoms with Gasteiger partial charge in [-0.1, -0.05) is 68.1 Å². The Balaban J connectivity index is 2.03. The average Bonchev–Trinajstić information content (AvgIpc) is 3.06. The van der Waals surface area contributed by atoms with Gasteiger partial charge in [-0.25, -0.2) is 4.57 Å². The number of phosphoric acid groups is 1. The van der Waals surface area contributed by atoms with Crippen molar-refractivity contribution in [1.29, 1.82) is 0 Å². The molecule has 2 aromatic carbocycles. The first-order valence-electron chi connectivity index (χ1n) is 14.9. The van der Waals surface area contributed by atoms with Crippen molar-refractivity contribution in [3.8, 4) is 5.75 Å². The van der Waals surface area contributed by atoms with Gasteiger partial charge in [0.05, 0.1) is 13.2 Å². The van der Waals surface area contributed by atoms with Crippen LogP contribution in [0.15, 0.2) is 54.6 Å². The number of phenolic OH excluding ortho intramolecular Hbond substituents is 1.